The lowest BCUT2D eigenvalue weighted by Gasteiger charge is -2.38. The molecular formula is C20H30ClFN2O2. The van der Waals surface area contributed by atoms with Crippen LogP contribution in [0.25, 0.3) is 0 Å². The van der Waals surface area contributed by atoms with Crippen LogP contribution in [0.4, 0.5) is 4.39 Å². The molecule has 1 aromatic rings. The number of amides is 1. The lowest BCUT2D eigenvalue weighted by atomic mass is 9.85. The highest BCUT2D eigenvalue weighted by Crippen LogP contribution is 2.28. The van der Waals surface area contributed by atoms with Crippen LogP contribution in [0.15, 0.2) is 24.3 Å². The Labute approximate surface area is 161 Å². The summed E-state index contributed by atoms with van der Waals surface area (Å²) < 4.78 is 19.1. The van der Waals surface area contributed by atoms with E-state index in [9.17, 15) is 9.18 Å². The lowest BCUT2D eigenvalue weighted by molar-refractivity contribution is -0.146. The quantitative estimate of drug-likeness (QED) is 0.862. The monoisotopic (exact) mass is 384 g/mol. The first kappa shape index (κ1) is 21.1. The van der Waals surface area contributed by atoms with Gasteiger partial charge in [0.25, 0.3) is 0 Å². The third-order valence-corrected chi connectivity index (χ3v) is 5.49. The zero-order valence-electron chi connectivity index (χ0n) is 15.6. The maximum absolute atomic E-state index is 13.1. The van der Waals surface area contributed by atoms with E-state index in [1.165, 1.54) is 25.0 Å². The van der Waals surface area contributed by atoms with E-state index in [0.717, 1.165) is 18.7 Å². The van der Waals surface area contributed by atoms with Crippen molar-refractivity contribution in [3.8, 4) is 0 Å². The number of halogens is 2. The third-order valence-electron chi connectivity index (χ3n) is 5.49. The summed E-state index contributed by atoms with van der Waals surface area (Å²) in [5, 5.41) is 3.43. The molecule has 0 saturated carbocycles. The predicted molar refractivity (Wildman–Crippen MR) is 103 cm³/mol. The summed E-state index contributed by atoms with van der Waals surface area (Å²) in [5.41, 5.74) is 0.926. The maximum atomic E-state index is 13.1. The Hall–Kier alpha value is -1.17. The summed E-state index contributed by atoms with van der Waals surface area (Å²) in [4.78, 5) is 14.7. The van der Waals surface area contributed by atoms with Gasteiger partial charge in [0.1, 0.15) is 11.9 Å². The Balaban J connectivity index is 0.00000243. The van der Waals surface area contributed by atoms with E-state index in [0.29, 0.717) is 31.3 Å². The molecule has 2 aliphatic heterocycles. The number of hydrogen-bond donors (Lipinski definition) is 1. The molecule has 146 valence electrons. The number of carbonyl (C=O) groups excluding carboxylic acids is 1. The van der Waals surface area contributed by atoms with Crippen molar-refractivity contribution >= 4 is 18.3 Å². The third kappa shape index (κ3) is 5.41. The van der Waals surface area contributed by atoms with Crippen LogP contribution in [0.5, 0.6) is 0 Å². The van der Waals surface area contributed by atoms with E-state index in [4.69, 9.17) is 4.74 Å². The second-order valence-corrected chi connectivity index (χ2v) is 7.57. The van der Waals surface area contributed by atoms with Crippen LogP contribution in [-0.2, 0) is 9.53 Å². The molecule has 0 radical (unpaired) electrons. The molecule has 2 heterocycles. The summed E-state index contributed by atoms with van der Waals surface area (Å²) in [6, 6.07) is 6.39. The van der Waals surface area contributed by atoms with Gasteiger partial charge in [0.2, 0.25) is 5.91 Å². The number of rotatable bonds is 4. The molecule has 2 fully saturated rings. The predicted octanol–water partition coefficient (Wildman–Crippen LogP) is 3.56. The molecule has 4 atom stereocenters. The average molecular weight is 385 g/mol. The van der Waals surface area contributed by atoms with Crippen molar-refractivity contribution in [1.29, 1.82) is 0 Å². The summed E-state index contributed by atoms with van der Waals surface area (Å²) in [6.45, 7) is 7.47. The standard InChI is InChI=1S/C20H29FN2O2.ClH/c1-14(17-4-3-9-22-11-17)10-20(24)23-12-15(2)25-19(13-23)16-5-7-18(21)8-6-16;/h5-8,14-15,17,19,22H,3-4,9-13H2,1-2H3;1H. The van der Waals surface area contributed by atoms with Crippen LogP contribution < -0.4 is 5.32 Å². The molecule has 2 saturated heterocycles. The van der Waals surface area contributed by atoms with Gasteiger partial charge in [-0.05, 0) is 62.4 Å². The molecule has 0 aliphatic carbocycles. The molecule has 0 spiro atoms. The maximum Gasteiger partial charge on any atom is 0.223 e. The molecule has 4 nitrogen and oxygen atoms in total. The van der Waals surface area contributed by atoms with Crippen LogP contribution in [0.1, 0.15) is 44.8 Å². The molecule has 1 amide bonds. The van der Waals surface area contributed by atoms with Crippen LogP contribution >= 0.6 is 12.4 Å². The molecule has 3 rings (SSSR count). The number of carbonyl (C=O) groups is 1. The zero-order valence-corrected chi connectivity index (χ0v) is 16.4. The number of morpholine rings is 1. The van der Waals surface area contributed by atoms with Crippen molar-refractivity contribution in [2.24, 2.45) is 11.8 Å². The first-order chi connectivity index (χ1) is 12.0. The van der Waals surface area contributed by atoms with Crippen LogP contribution in [-0.4, -0.2) is 43.1 Å². The highest BCUT2D eigenvalue weighted by Gasteiger charge is 2.31. The normalized spacial score (nSPS) is 27.5. The van der Waals surface area contributed by atoms with Gasteiger partial charge < -0.3 is 15.0 Å². The topological polar surface area (TPSA) is 41.6 Å². The van der Waals surface area contributed by atoms with E-state index in [1.807, 2.05) is 11.8 Å². The van der Waals surface area contributed by atoms with Crippen LogP contribution in [0, 0.1) is 17.7 Å². The Bertz CT molecular complexity index is 578. The Morgan fingerprint density at radius 1 is 1.35 bits per heavy atom. The second kappa shape index (κ2) is 9.67. The summed E-state index contributed by atoms with van der Waals surface area (Å²) in [7, 11) is 0. The van der Waals surface area contributed by atoms with Crippen molar-refractivity contribution in [2.45, 2.75) is 45.3 Å². The van der Waals surface area contributed by atoms with Gasteiger partial charge in [-0.1, -0.05) is 19.1 Å². The van der Waals surface area contributed by atoms with E-state index < -0.39 is 0 Å². The van der Waals surface area contributed by atoms with Gasteiger partial charge in [0.05, 0.1) is 12.6 Å². The van der Waals surface area contributed by atoms with Crippen LogP contribution in [0.2, 0.25) is 0 Å². The number of hydrogen-bond acceptors (Lipinski definition) is 3. The van der Waals surface area contributed by atoms with E-state index >= 15 is 0 Å². The lowest BCUT2D eigenvalue weighted by Crippen LogP contribution is -2.46. The van der Waals surface area contributed by atoms with E-state index in [2.05, 4.69) is 12.2 Å². The molecule has 0 bridgehead atoms. The van der Waals surface area contributed by atoms with Gasteiger partial charge in [0.15, 0.2) is 0 Å². The molecule has 6 heteroatoms. The van der Waals surface area contributed by atoms with Gasteiger partial charge in [-0.3, -0.25) is 4.79 Å². The second-order valence-electron chi connectivity index (χ2n) is 7.57. The smallest absolute Gasteiger partial charge is 0.223 e. The molecule has 2 aliphatic rings. The van der Waals surface area contributed by atoms with E-state index in [-0.39, 0.29) is 36.3 Å². The summed E-state index contributed by atoms with van der Waals surface area (Å²) in [6.07, 6.45) is 2.80. The van der Waals surface area contributed by atoms with E-state index in [1.54, 1.807) is 12.1 Å². The molecular weight excluding hydrogens is 355 g/mol. The van der Waals surface area contributed by atoms with Crippen molar-refractivity contribution < 1.29 is 13.9 Å². The first-order valence-corrected chi connectivity index (χ1v) is 9.42. The highest BCUT2D eigenvalue weighted by molar-refractivity contribution is 5.85. The molecule has 1 aromatic carbocycles. The minimum Gasteiger partial charge on any atom is -0.367 e. The highest BCUT2D eigenvalue weighted by atomic mass is 35.5. The van der Waals surface area contributed by atoms with Crippen molar-refractivity contribution in [1.82, 2.24) is 10.2 Å². The first-order valence-electron chi connectivity index (χ1n) is 9.42. The van der Waals surface area contributed by atoms with Crippen molar-refractivity contribution in [3.63, 3.8) is 0 Å². The van der Waals surface area contributed by atoms with Gasteiger partial charge in [-0.2, -0.15) is 0 Å². The minimum absolute atomic E-state index is 0. The molecule has 1 N–H and O–H groups in total. The molecule has 0 aromatic heterocycles. The summed E-state index contributed by atoms with van der Waals surface area (Å²) >= 11 is 0. The van der Waals surface area contributed by atoms with Crippen LogP contribution in [0.3, 0.4) is 0 Å². The number of nitrogens with one attached hydrogen (secondary N) is 1. The number of nitrogens with zero attached hydrogens (tertiary/aromatic N) is 1. The largest absolute Gasteiger partial charge is 0.367 e. The Morgan fingerprint density at radius 2 is 2.08 bits per heavy atom. The fraction of sp³-hybridized carbons (Fsp3) is 0.650. The average Bonchev–Trinajstić information content (AvgIpc) is 2.62. The summed E-state index contributed by atoms with van der Waals surface area (Å²) in [5.74, 6) is 0.933. The number of benzene rings is 1. The molecule has 26 heavy (non-hydrogen) atoms. The van der Waals surface area contributed by atoms with Gasteiger partial charge in [0, 0.05) is 13.0 Å². The Morgan fingerprint density at radius 3 is 2.73 bits per heavy atom. The fourth-order valence-electron chi connectivity index (χ4n) is 3.95. The molecule has 4 unspecified atom stereocenters. The number of ether oxygens (including phenoxy) is 1. The SMILES string of the molecule is CC1CN(C(=O)CC(C)C2CCCNC2)CC(c2ccc(F)cc2)O1.Cl. The van der Waals surface area contributed by atoms with Gasteiger partial charge >= 0.3 is 0 Å². The fourth-order valence-corrected chi connectivity index (χ4v) is 3.95. The van der Waals surface area contributed by atoms with Crippen molar-refractivity contribution in [3.05, 3.63) is 35.6 Å². The zero-order chi connectivity index (χ0) is 17.8. The number of piperidine rings is 1. The van der Waals surface area contributed by atoms with Gasteiger partial charge in [-0.25, -0.2) is 4.39 Å². The minimum atomic E-state index is -0.254. The van der Waals surface area contributed by atoms with Crippen molar-refractivity contribution in [2.75, 3.05) is 26.2 Å². The Kier molecular flexibility index (Phi) is 7.86. The van der Waals surface area contributed by atoms with Gasteiger partial charge in [-0.15, -0.1) is 12.4 Å².